The molecule has 5 nitrogen and oxygen atoms in total. The number of hydrogen-bond acceptors (Lipinski definition) is 5. The SMILES string of the molecule is CC(C)NCc1ccc(S(=O)(=O)N(C)C2CCSC2)o1. The van der Waals surface area contributed by atoms with E-state index in [2.05, 4.69) is 5.32 Å². The minimum absolute atomic E-state index is 0.0393. The zero-order valence-electron chi connectivity index (χ0n) is 12.1. The summed E-state index contributed by atoms with van der Waals surface area (Å²) in [5, 5.41) is 3.24. The molecule has 2 heterocycles. The number of nitrogens with zero attached hydrogens (tertiary/aromatic N) is 1. The molecule has 1 N–H and O–H groups in total. The van der Waals surface area contributed by atoms with Crippen LogP contribution in [0.4, 0.5) is 0 Å². The van der Waals surface area contributed by atoms with E-state index in [9.17, 15) is 8.42 Å². The summed E-state index contributed by atoms with van der Waals surface area (Å²) in [6, 6.07) is 3.68. The van der Waals surface area contributed by atoms with E-state index in [0.29, 0.717) is 18.3 Å². The van der Waals surface area contributed by atoms with Crippen LogP contribution in [0.2, 0.25) is 0 Å². The molecular formula is C13H22N2O3S2. The molecular weight excluding hydrogens is 296 g/mol. The summed E-state index contributed by atoms with van der Waals surface area (Å²) >= 11 is 1.79. The van der Waals surface area contributed by atoms with Crippen LogP contribution in [0.1, 0.15) is 26.0 Å². The van der Waals surface area contributed by atoms with Crippen molar-refractivity contribution in [1.29, 1.82) is 0 Å². The molecule has 2 rings (SSSR count). The van der Waals surface area contributed by atoms with Crippen LogP contribution >= 0.6 is 11.8 Å². The molecule has 1 saturated heterocycles. The number of sulfonamides is 1. The van der Waals surface area contributed by atoms with Crippen LogP contribution in [-0.2, 0) is 16.6 Å². The van der Waals surface area contributed by atoms with Crippen molar-refractivity contribution >= 4 is 21.8 Å². The van der Waals surface area contributed by atoms with E-state index in [4.69, 9.17) is 4.42 Å². The predicted molar refractivity (Wildman–Crippen MR) is 81.4 cm³/mol. The van der Waals surface area contributed by atoms with E-state index in [1.807, 2.05) is 13.8 Å². The summed E-state index contributed by atoms with van der Waals surface area (Å²) in [5.41, 5.74) is 0. The molecule has 1 aliphatic heterocycles. The average molecular weight is 318 g/mol. The Morgan fingerprint density at radius 3 is 2.85 bits per heavy atom. The third-order valence-electron chi connectivity index (χ3n) is 3.37. The Balaban J connectivity index is 2.09. The summed E-state index contributed by atoms with van der Waals surface area (Å²) in [4.78, 5) is 0. The van der Waals surface area contributed by atoms with Crippen molar-refractivity contribution in [3.8, 4) is 0 Å². The molecule has 1 aliphatic rings. The Labute approximate surface area is 125 Å². The highest BCUT2D eigenvalue weighted by molar-refractivity contribution is 7.99. The highest BCUT2D eigenvalue weighted by atomic mass is 32.2. The first kappa shape index (κ1) is 15.9. The Hall–Kier alpha value is -0.500. The maximum absolute atomic E-state index is 12.5. The molecule has 1 unspecified atom stereocenters. The van der Waals surface area contributed by atoms with Gasteiger partial charge in [0.1, 0.15) is 5.76 Å². The van der Waals surface area contributed by atoms with E-state index < -0.39 is 10.0 Å². The molecule has 0 saturated carbocycles. The fraction of sp³-hybridized carbons (Fsp3) is 0.692. The van der Waals surface area contributed by atoms with Gasteiger partial charge in [0.25, 0.3) is 10.0 Å². The van der Waals surface area contributed by atoms with Crippen LogP contribution in [0.3, 0.4) is 0 Å². The van der Waals surface area contributed by atoms with Crippen molar-refractivity contribution in [3.63, 3.8) is 0 Å². The largest absolute Gasteiger partial charge is 0.447 e. The Morgan fingerprint density at radius 1 is 1.50 bits per heavy atom. The lowest BCUT2D eigenvalue weighted by Gasteiger charge is -2.21. The summed E-state index contributed by atoms with van der Waals surface area (Å²) in [5.74, 6) is 2.52. The lowest BCUT2D eigenvalue weighted by atomic mass is 10.3. The molecule has 7 heteroatoms. The topological polar surface area (TPSA) is 62.6 Å². The smallest absolute Gasteiger partial charge is 0.276 e. The minimum atomic E-state index is -3.51. The van der Waals surface area contributed by atoms with Gasteiger partial charge in [-0.2, -0.15) is 16.1 Å². The molecule has 0 amide bonds. The fourth-order valence-corrected chi connectivity index (χ4v) is 4.71. The van der Waals surface area contributed by atoms with Gasteiger partial charge in [-0.25, -0.2) is 8.42 Å². The second-order valence-corrected chi connectivity index (χ2v) is 8.37. The lowest BCUT2D eigenvalue weighted by Crippen LogP contribution is -2.36. The van der Waals surface area contributed by atoms with Gasteiger partial charge in [0.2, 0.25) is 5.09 Å². The van der Waals surface area contributed by atoms with E-state index in [1.54, 1.807) is 30.9 Å². The molecule has 1 aromatic rings. The van der Waals surface area contributed by atoms with E-state index in [1.165, 1.54) is 4.31 Å². The molecule has 0 aromatic carbocycles. The third-order valence-corrected chi connectivity index (χ3v) is 6.30. The Kier molecular flexibility index (Phi) is 5.17. The number of furan rings is 1. The number of thioether (sulfide) groups is 1. The molecule has 0 spiro atoms. The monoisotopic (exact) mass is 318 g/mol. The summed E-state index contributed by atoms with van der Waals surface area (Å²) in [7, 11) is -1.88. The summed E-state index contributed by atoms with van der Waals surface area (Å²) in [6.07, 6.45) is 0.906. The van der Waals surface area contributed by atoms with E-state index in [0.717, 1.165) is 17.9 Å². The lowest BCUT2D eigenvalue weighted by molar-refractivity contribution is 0.353. The molecule has 0 aliphatic carbocycles. The summed E-state index contributed by atoms with van der Waals surface area (Å²) < 4.78 is 31.9. The van der Waals surface area contributed by atoms with Gasteiger partial charge in [-0.1, -0.05) is 13.8 Å². The zero-order chi connectivity index (χ0) is 14.8. The van der Waals surface area contributed by atoms with E-state index >= 15 is 0 Å². The normalized spacial score (nSPS) is 20.1. The van der Waals surface area contributed by atoms with Gasteiger partial charge in [0.15, 0.2) is 0 Å². The van der Waals surface area contributed by atoms with Gasteiger partial charge in [0.05, 0.1) is 6.54 Å². The van der Waals surface area contributed by atoms with Crippen LogP contribution in [0.5, 0.6) is 0 Å². The maximum Gasteiger partial charge on any atom is 0.276 e. The van der Waals surface area contributed by atoms with Crippen molar-refractivity contribution in [3.05, 3.63) is 17.9 Å². The molecule has 1 atom stereocenters. The first-order valence-corrected chi connectivity index (χ1v) is 9.38. The van der Waals surface area contributed by atoms with Crippen LogP contribution in [-0.4, -0.2) is 43.4 Å². The highest BCUT2D eigenvalue weighted by Gasteiger charge is 2.32. The van der Waals surface area contributed by atoms with Gasteiger partial charge < -0.3 is 9.73 Å². The van der Waals surface area contributed by atoms with Crippen molar-refractivity contribution in [1.82, 2.24) is 9.62 Å². The molecule has 114 valence electrons. The molecule has 1 fully saturated rings. The highest BCUT2D eigenvalue weighted by Crippen LogP contribution is 2.27. The first-order chi connectivity index (χ1) is 9.41. The van der Waals surface area contributed by atoms with Crippen molar-refractivity contribution in [2.75, 3.05) is 18.6 Å². The predicted octanol–water partition coefficient (Wildman–Crippen LogP) is 1.90. The van der Waals surface area contributed by atoms with Crippen molar-refractivity contribution in [2.24, 2.45) is 0 Å². The van der Waals surface area contributed by atoms with Gasteiger partial charge in [-0.15, -0.1) is 0 Å². The molecule has 20 heavy (non-hydrogen) atoms. The van der Waals surface area contributed by atoms with Gasteiger partial charge in [-0.05, 0) is 24.3 Å². The number of rotatable bonds is 6. The maximum atomic E-state index is 12.5. The second kappa shape index (κ2) is 6.51. The molecule has 1 aromatic heterocycles. The van der Waals surface area contributed by atoms with Gasteiger partial charge in [0, 0.05) is 24.9 Å². The average Bonchev–Trinajstić information content (AvgIpc) is 3.06. The van der Waals surface area contributed by atoms with E-state index in [-0.39, 0.29) is 11.1 Å². The Bertz CT molecular complexity index is 534. The molecule has 0 radical (unpaired) electrons. The minimum Gasteiger partial charge on any atom is -0.447 e. The van der Waals surface area contributed by atoms with Crippen LogP contribution < -0.4 is 5.32 Å². The fourth-order valence-electron chi connectivity index (χ4n) is 2.04. The second-order valence-electron chi connectivity index (χ2n) is 5.30. The van der Waals surface area contributed by atoms with Gasteiger partial charge >= 0.3 is 0 Å². The first-order valence-electron chi connectivity index (χ1n) is 6.79. The van der Waals surface area contributed by atoms with Crippen LogP contribution in [0, 0.1) is 0 Å². The standard InChI is InChI=1S/C13H22N2O3S2/c1-10(2)14-8-12-4-5-13(18-12)20(16,17)15(3)11-6-7-19-9-11/h4-5,10-11,14H,6-9H2,1-3H3. The van der Waals surface area contributed by atoms with Crippen molar-refractivity contribution < 1.29 is 12.8 Å². The molecule has 0 bridgehead atoms. The van der Waals surface area contributed by atoms with Gasteiger partial charge in [-0.3, -0.25) is 0 Å². The number of hydrogen-bond donors (Lipinski definition) is 1. The third kappa shape index (κ3) is 3.58. The Morgan fingerprint density at radius 2 is 2.25 bits per heavy atom. The zero-order valence-corrected chi connectivity index (χ0v) is 13.8. The summed E-state index contributed by atoms with van der Waals surface area (Å²) in [6.45, 7) is 4.61. The van der Waals surface area contributed by atoms with Crippen LogP contribution in [0.25, 0.3) is 0 Å². The number of nitrogens with one attached hydrogen (secondary N) is 1. The van der Waals surface area contributed by atoms with Crippen molar-refractivity contribution in [2.45, 2.75) is 44.0 Å². The quantitative estimate of drug-likeness (QED) is 0.868. The van der Waals surface area contributed by atoms with Crippen LogP contribution in [0.15, 0.2) is 21.6 Å².